The summed E-state index contributed by atoms with van der Waals surface area (Å²) in [6.07, 6.45) is 4.79. The van der Waals surface area contributed by atoms with Crippen molar-refractivity contribution < 1.29 is 4.73 Å². The molecule has 0 spiro atoms. The predicted molar refractivity (Wildman–Crippen MR) is 77.9 cm³/mol. The Morgan fingerprint density at radius 3 is 2.68 bits per heavy atom. The van der Waals surface area contributed by atoms with E-state index in [1.54, 1.807) is 6.20 Å². The van der Waals surface area contributed by atoms with Gasteiger partial charge in [-0.1, -0.05) is 39.0 Å². The van der Waals surface area contributed by atoms with Crippen LogP contribution in [0.2, 0.25) is 0 Å². The quantitative estimate of drug-likeness (QED) is 0.521. The van der Waals surface area contributed by atoms with Gasteiger partial charge in [-0.15, -0.1) is 0 Å². The number of rotatable bonds is 0. The minimum absolute atomic E-state index is 0.308. The minimum Gasteiger partial charge on any atom is -0.618 e. The van der Waals surface area contributed by atoms with E-state index in [9.17, 15) is 5.21 Å². The molecule has 0 saturated carbocycles. The van der Waals surface area contributed by atoms with Gasteiger partial charge in [0.1, 0.15) is 0 Å². The molecular weight excluding hydrogens is 234 g/mol. The fraction of sp³-hybridized carbons (Fsp3) is 0.471. The Balaban J connectivity index is 2.17. The molecule has 100 valence electrons. The molecule has 0 fully saturated rings. The van der Waals surface area contributed by atoms with E-state index in [1.165, 1.54) is 10.9 Å². The SMILES string of the molecule is CC(C)(C)C1CCc2c(c3ccccc3c[n+]2[O-])C1. The molecule has 0 aliphatic heterocycles. The van der Waals surface area contributed by atoms with Crippen molar-refractivity contribution in [1.82, 2.24) is 0 Å². The Kier molecular flexibility index (Phi) is 2.77. The van der Waals surface area contributed by atoms with Crippen LogP contribution in [0.4, 0.5) is 0 Å². The molecule has 3 rings (SSSR count). The molecule has 1 aromatic carbocycles. The fourth-order valence-electron chi connectivity index (χ4n) is 3.26. The third kappa shape index (κ3) is 2.09. The van der Waals surface area contributed by atoms with E-state index in [0.717, 1.165) is 35.1 Å². The van der Waals surface area contributed by atoms with E-state index in [0.29, 0.717) is 11.3 Å². The van der Waals surface area contributed by atoms with Crippen LogP contribution in [0.25, 0.3) is 10.8 Å². The van der Waals surface area contributed by atoms with Gasteiger partial charge in [-0.2, -0.15) is 4.73 Å². The summed E-state index contributed by atoms with van der Waals surface area (Å²) in [6, 6.07) is 8.25. The van der Waals surface area contributed by atoms with Crippen LogP contribution in [0.1, 0.15) is 38.4 Å². The summed E-state index contributed by atoms with van der Waals surface area (Å²) in [5.41, 5.74) is 2.57. The molecule has 2 heteroatoms. The van der Waals surface area contributed by atoms with Crippen molar-refractivity contribution in [2.75, 3.05) is 0 Å². The van der Waals surface area contributed by atoms with Gasteiger partial charge in [0.25, 0.3) is 0 Å². The normalized spacial score (nSPS) is 19.4. The third-order valence-electron chi connectivity index (χ3n) is 4.56. The summed E-state index contributed by atoms with van der Waals surface area (Å²) in [6.45, 7) is 6.91. The number of nitrogens with zero attached hydrogens (tertiary/aromatic N) is 1. The highest BCUT2D eigenvalue weighted by atomic mass is 16.5. The monoisotopic (exact) mass is 255 g/mol. The van der Waals surface area contributed by atoms with Crippen molar-refractivity contribution in [3.05, 3.63) is 46.9 Å². The second-order valence-corrected chi connectivity index (χ2v) is 6.77. The van der Waals surface area contributed by atoms with E-state index in [1.807, 2.05) is 12.1 Å². The van der Waals surface area contributed by atoms with Gasteiger partial charge in [0.05, 0.1) is 0 Å². The molecule has 1 aliphatic rings. The van der Waals surface area contributed by atoms with Gasteiger partial charge < -0.3 is 5.21 Å². The van der Waals surface area contributed by atoms with Crippen LogP contribution in [-0.4, -0.2) is 0 Å². The minimum atomic E-state index is 0.308. The summed E-state index contributed by atoms with van der Waals surface area (Å²) < 4.78 is 1.09. The standard InChI is InChI=1S/C17H21NO/c1-17(2,3)13-8-9-16-15(10-13)14-7-5-4-6-12(14)11-18(16)19/h4-7,11,13H,8-10H2,1-3H3. The van der Waals surface area contributed by atoms with E-state index in [4.69, 9.17) is 0 Å². The van der Waals surface area contributed by atoms with Crippen LogP contribution in [-0.2, 0) is 12.8 Å². The lowest BCUT2D eigenvalue weighted by atomic mass is 9.71. The van der Waals surface area contributed by atoms with Crippen molar-refractivity contribution in [2.45, 2.75) is 40.0 Å². The molecule has 0 amide bonds. The average Bonchev–Trinajstić information content (AvgIpc) is 2.37. The van der Waals surface area contributed by atoms with Crippen LogP contribution < -0.4 is 4.73 Å². The second kappa shape index (κ2) is 4.22. The van der Waals surface area contributed by atoms with Crippen LogP contribution in [0.3, 0.4) is 0 Å². The average molecular weight is 255 g/mol. The summed E-state index contributed by atoms with van der Waals surface area (Å²) in [7, 11) is 0. The maximum Gasteiger partial charge on any atom is 0.196 e. The number of pyridine rings is 1. The van der Waals surface area contributed by atoms with Gasteiger partial charge in [-0.25, -0.2) is 0 Å². The molecule has 1 aromatic heterocycles. The zero-order valence-electron chi connectivity index (χ0n) is 11.9. The highest BCUT2D eigenvalue weighted by Crippen LogP contribution is 2.38. The van der Waals surface area contributed by atoms with Crippen molar-refractivity contribution in [1.29, 1.82) is 0 Å². The molecular formula is C17H21NO. The Morgan fingerprint density at radius 2 is 1.95 bits per heavy atom. The maximum atomic E-state index is 12.2. The van der Waals surface area contributed by atoms with Gasteiger partial charge in [0.2, 0.25) is 0 Å². The Morgan fingerprint density at radius 1 is 1.21 bits per heavy atom. The topological polar surface area (TPSA) is 26.9 Å². The summed E-state index contributed by atoms with van der Waals surface area (Å²) in [5.74, 6) is 0.658. The van der Waals surface area contributed by atoms with Gasteiger partial charge >= 0.3 is 0 Å². The zero-order valence-corrected chi connectivity index (χ0v) is 11.9. The highest BCUT2D eigenvalue weighted by molar-refractivity contribution is 5.84. The predicted octanol–water partition coefficient (Wildman–Crippen LogP) is 3.62. The third-order valence-corrected chi connectivity index (χ3v) is 4.56. The van der Waals surface area contributed by atoms with Gasteiger partial charge in [0, 0.05) is 17.4 Å². The lowest BCUT2D eigenvalue weighted by Crippen LogP contribution is -2.38. The zero-order chi connectivity index (χ0) is 13.6. The van der Waals surface area contributed by atoms with Crippen LogP contribution in [0.5, 0.6) is 0 Å². The van der Waals surface area contributed by atoms with Gasteiger partial charge in [-0.05, 0) is 35.6 Å². The van der Waals surface area contributed by atoms with E-state index < -0.39 is 0 Å². The van der Waals surface area contributed by atoms with E-state index >= 15 is 0 Å². The number of fused-ring (bicyclic) bond motifs is 3. The lowest BCUT2D eigenvalue weighted by molar-refractivity contribution is -0.613. The molecule has 0 saturated heterocycles. The second-order valence-electron chi connectivity index (χ2n) is 6.77. The molecule has 0 N–H and O–H groups in total. The molecule has 1 unspecified atom stereocenters. The number of aromatic nitrogens is 1. The van der Waals surface area contributed by atoms with Crippen LogP contribution in [0, 0.1) is 16.5 Å². The molecule has 1 heterocycles. The van der Waals surface area contributed by atoms with Crippen molar-refractivity contribution in [3.8, 4) is 0 Å². The fourth-order valence-corrected chi connectivity index (χ4v) is 3.26. The van der Waals surface area contributed by atoms with Crippen LogP contribution in [0.15, 0.2) is 30.5 Å². The highest BCUT2D eigenvalue weighted by Gasteiger charge is 2.32. The Bertz CT molecular complexity index is 625. The number of hydrogen-bond donors (Lipinski definition) is 0. The largest absolute Gasteiger partial charge is 0.618 e. The van der Waals surface area contributed by atoms with E-state index in [2.05, 4.69) is 32.9 Å². The van der Waals surface area contributed by atoms with Crippen molar-refractivity contribution in [3.63, 3.8) is 0 Å². The molecule has 1 atom stereocenters. The molecule has 2 aromatic rings. The first kappa shape index (κ1) is 12.5. The molecule has 0 radical (unpaired) electrons. The van der Waals surface area contributed by atoms with E-state index in [-0.39, 0.29) is 0 Å². The smallest absolute Gasteiger partial charge is 0.196 e. The Labute approximate surface area is 114 Å². The van der Waals surface area contributed by atoms with Crippen molar-refractivity contribution >= 4 is 10.8 Å². The van der Waals surface area contributed by atoms with Crippen LogP contribution >= 0.6 is 0 Å². The summed E-state index contributed by atoms with van der Waals surface area (Å²) in [4.78, 5) is 0. The summed E-state index contributed by atoms with van der Waals surface area (Å²) in [5, 5.41) is 14.5. The van der Waals surface area contributed by atoms with Gasteiger partial charge in [-0.3, -0.25) is 0 Å². The summed E-state index contributed by atoms with van der Waals surface area (Å²) >= 11 is 0. The first-order valence-electron chi connectivity index (χ1n) is 7.09. The molecule has 0 bridgehead atoms. The molecule has 2 nitrogen and oxygen atoms in total. The first-order valence-corrected chi connectivity index (χ1v) is 7.09. The molecule has 19 heavy (non-hydrogen) atoms. The van der Waals surface area contributed by atoms with Crippen molar-refractivity contribution in [2.24, 2.45) is 11.3 Å². The Hall–Kier alpha value is -1.57. The maximum absolute atomic E-state index is 12.2. The number of benzene rings is 1. The number of hydrogen-bond acceptors (Lipinski definition) is 1. The lowest BCUT2D eigenvalue weighted by Gasteiger charge is -2.34. The first-order chi connectivity index (χ1) is 8.97. The molecule has 1 aliphatic carbocycles. The van der Waals surface area contributed by atoms with Gasteiger partial charge in [0.15, 0.2) is 11.9 Å².